The second kappa shape index (κ2) is 14.7. The number of rotatable bonds is 13. The van der Waals surface area contributed by atoms with Gasteiger partial charge in [0.25, 0.3) is 5.56 Å². The van der Waals surface area contributed by atoms with E-state index in [1.165, 1.54) is 47.3 Å². The predicted molar refractivity (Wildman–Crippen MR) is 177 cm³/mol. The molecule has 0 aliphatic carbocycles. The van der Waals surface area contributed by atoms with Crippen LogP contribution in [0.15, 0.2) is 73.8 Å². The number of ether oxygens (including phenoxy) is 6. The molecule has 2 aromatic heterocycles. The summed E-state index contributed by atoms with van der Waals surface area (Å²) in [5, 5.41) is 10.1. The lowest BCUT2D eigenvalue weighted by atomic mass is 10.1. The van der Waals surface area contributed by atoms with E-state index in [0.29, 0.717) is 57.1 Å². The molecule has 242 valence electrons. The first kappa shape index (κ1) is 32.8. The van der Waals surface area contributed by atoms with Crippen molar-refractivity contribution in [2.24, 2.45) is 0 Å². The van der Waals surface area contributed by atoms with Crippen LogP contribution in [0.4, 0.5) is 0 Å². The molecule has 5 aromatic rings. The first-order chi connectivity index (χ1) is 22.9. The first-order valence-electron chi connectivity index (χ1n) is 14.3. The van der Waals surface area contributed by atoms with Crippen molar-refractivity contribution in [3.8, 4) is 63.1 Å². The average molecular weight is 658 g/mol. The van der Waals surface area contributed by atoms with Crippen LogP contribution in [0.5, 0.6) is 34.5 Å². The van der Waals surface area contributed by atoms with Gasteiger partial charge in [0.2, 0.25) is 16.9 Å². The van der Waals surface area contributed by atoms with Gasteiger partial charge in [0.15, 0.2) is 22.4 Å². The Morgan fingerprint density at radius 2 is 1.55 bits per heavy atom. The Kier molecular flexibility index (Phi) is 10.2. The number of hydrogen-bond acceptors (Lipinski definition) is 12. The van der Waals surface area contributed by atoms with Crippen LogP contribution in [-0.4, -0.2) is 57.9 Å². The zero-order valence-corrected chi connectivity index (χ0v) is 27.1. The minimum atomic E-state index is -0.519. The van der Waals surface area contributed by atoms with E-state index >= 15 is 0 Å². The molecule has 0 atom stereocenters. The van der Waals surface area contributed by atoms with Gasteiger partial charge in [-0.1, -0.05) is 42.1 Å². The highest BCUT2D eigenvalue weighted by molar-refractivity contribution is 7.99. The summed E-state index contributed by atoms with van der Waals surface area (Å²) < 4.78 is 39.9. The molecular weight excluding hydrogens is 626 g/mol. The lowest BCUT2D eigenvalue weighted by Crippen LogP contribution is -2.15. The zero-order chi connectivity index (χ0) is 33.5. The van der Waals surface area contributed by atoms with Crippen LogP contribution < -0.4 is 39.4 Å². The number of fused-ring (bicyclic) bond motifs is 1. The molecule has 0 unspecified atom stereocenters. The van der Waals surface area contributed by atoms with Crippen molar-refractivity contribution in [2.75, 3.05) is 47.9 Å². The number of aromatic amines is 1. The van der Waals surface area contributed by atoms with Gasteiger partial charge in [0.05, 0.1) is 47.8 Å². The van der Waals surface area contributed by atoms with E-state index in [9.17, 15) is 14.9 Å². The van der Waals surface area contributed by atoms with Crippen LogP contribution in [-0.2, 0) is 0 Å². The fourth-order valence-electron chi connectivity index (χ4n) is 4.89. The Labute approximate surface area is 273 Å². The number of hydrogen-bond donors (Lipinski definition) is 1. The highest BCUT2D eigenvalue weighted by atomic mass is 32.2. The Morgan fingerprint density at radius 3 is 2.17 bits per heavy atom. The second-order valence-electron chi connectivity index (χ2n) is 9.83. The summed E-state index contributed by atoms with van der Waals surface area (Å²) >= 11 is 1.29. The lowest BCUT2D eigenvalue weighted by molar-refractivity contribution is 0.309. The summed E-state index contributed by atoms with van der Waals surface area (Å²) in [5.74, 6) is 2.34. The third-order valence-corrected chi connectivity index (χ3v) is 8.06. The first-order valence-corrected chi connectivity index (χ1v) is 15.2. The van der Waals surface area contributed by atoms with Gasteiger partial charge in [0, 0.05) is 29.0 Å². The highest BCUT2D eigenvalue weighted by Gasteiger charge is 2.24. The van der Waals surface area contributed by atoms with E-state index in [0.717, 1.165) is 0 Å². The molecule has 12 nitrogen and oxygen atoms in total. The molecule has 0 fully saturated rings. The van der Waals surface area contributed by atoms with Gasteiger partial charge in [-0.05, 0) is 18.6 Å². The highest BCUT2D eigenvalue weighted by Crippen LogP contribution is 2.44. The number of H-pyrrole nitrogens is 1. The third-order valence-electron chi connectivity index (χ3n) is 7.10. The van der Waals surface area contributed by atoms with Crippen LogP contribution in [0.2, 0.25) is 0 Å². The smallest absolute Gasteiger partial charge is 0.270 e. The molecule has 0 bridgehead atoms. The molecular formula is C34H31N3O9S. The van der Waals surface area contributed by atoms with Gasteiger partial charge in [-0.2, -0.15) is 5.26 Å². The van der Waals surface area contributed by atoms with E-state index < -0.39 is 11.0 Å². The molecule has 0 saturated heterocycles. The number of thioether (sulfide) groups is 1. The monoisotopic (exact) mass is 657 g/mol. The van der Waals surface area contributed by atoms with Gasteiger partial charge < -0.3 is 37.8 Å². The summed E-state index contributed by atoms with van der Waals surface area (Å²) in [7, 11) is 7.41. The number of nitriles is 1. The van der Waals surface area contributed by atoms with Gasteiger partial charge in [-0.25, -0.2) is 4.98 Å². The minimum Gasteiger partial charge on any atom is -0.496 e. The molecule has 0 aliphatic rings. The Morgan fingerprint density at radius 1 is 0.851 bits per heavy atom. The van der Waals surface area contributed by atoms with Crippen LogP contribution in [0, 0.1) is 11.3 Å². The van der Waals surface area contributed by atoms with Crippen molar-refractivity contribution in [1.29, 1.82) is 5.26 Å². The topological polar surface area (TPSA) is 155 Å². The number of nitrogens with zero attached hydrogens (tertiary/aromatic N) is 2. The van der Waals surface area contributed by atoms with Crippen molar-refractivity contribution in [2.45, 2.75) is 11.6 Å². The largest absolute Gasteiger partial charge is 0.496 e. The second-order valence-corrected chi connectivity index (χ2v) is 10.9. The molecule has 0 radical (unpaired) electrons. The van der Waals surface area contributed by atoms with Gasteiger partial charge in [0.1, 0.15) is 34.1 Å². The number of benzene rings is 3. The Hall–Kier alpha value is -5.61. The standard InChI is InChI=1S/C34H31N3O9S/c1-40-21-16-23(41-2)27-24(17-21)46-30(20-14-25(42-3)31(44-5)26(15-20)43-4)32(29(27)38)45-12-9-13-47-34-36-28(19-10-7-6-8-11-19)22(18-35)33(39)37-34/h6-8,10-11,14-17H,9,12-13H2,1-5H3,(H,36,37,39). The quantitative estimate of drug-likeness (QED) is 0.0940. The molecule has 0 aliphatic heterocycles. The van der Waals surface area contributed by atoms with E-state index in [1.807, 2.05) is 24.3 Å². The SMILES string of the molecule is COc1cc(OC)c2c(=O)c(OCCCSc3nc(-c4ccccc4)c(C#N)c(=O)[nH]3)c(-c3cc(OC)c(OC)c(OC)c3)oc2c1. The van der Waals surface area contributed by atoms with Crippen molar-refractivity contribution in [3.63, 3.8) is 0 Å². The van der Waals surface area contributed by atoms with Crippen LogP contribution >= 0.6 is 11.8 Å². The summed E-state index contributed by atoms with van der Waals surface area (Å²) in [5.41, 5.74) is 0.613. The maximum Gasteiger partial charge on any atom is 0.270 e. The van der Waals surface area contributed by atoms with Crippen LogP contribution in [0.3, 0.4) is 0 Å². The van der Waals surface area contributed by atoms with Crippen LogP contribution in [0.25, 0.3) is 33.6 Å². The van der Waals surface area contributed by atoms with Gasteiger partial charge in [-0.3, -0.25) is 9.59 Å². The minimum absolute atomic E-state index is 0.0449. The molecule has 0 saturated carbocycles. The van der Waals surface area contributed by atoms with Gasteiger partial charge in [-0.15, -0.1) is 0 Å². The van der Waals surface area contributed by atoms with Crippen LogP contribution in [0.1, 0.15) is 12.0 Å². The molecule has 3 aromatic carbocycles. The van der Waals surface area contributed by atoms with E-state index in [1.54, 1.807) is 36.4 Å². The molecule has 0 spiro atoms. The van der Waals surface area contributed by atoms with E-state index in [4.69, 9.17) is 32.8 Å². The molecule has 2 heterocycles. The summed E-state index contributed by atoms with van der Waals surface area (Å²) in [6.45, 7) is 0.116. The van der Waals surface area contributed by atoms with Crippen molar-refractivity contribution >= 4 is 22.7 Å². The maximum absolute atomic E-state index is 14.0. The van der Waals surface area contributed by atoms with Crippen molar-refractivity contribution < 1.29 is 32.8 Å². The Bertz CT molecular complexity index is 2050. The summed E-state index contributed by atoms with van der Waals surface area (Å²) in [6.07, 6.45) is 0.459. The molecule has 0 amide bonds. The Balaban J connectivity index is 1.47. The normalized spacial score (nSPS) is 10.7. The number of aromatic nitrogens is 2. The molecule has 1 N–H and O–H groups in total. The fraction of sp³-hybridized carbons (Fsp3) is 0.235. The maximum atomic E-state index is 14.0. The summed E-state index contributed by atoms with van der Waals surface area (Å²) in [6, 6.07) is 17.5. The molecule has 5 rings (SSSR count). The third kappa shape index (κ3) is 6.68. The zero-order valence-electron chi connectivity index (χ0n) is 26.3. The average Bonchev–Trinajstić information content (AvgIpc) is 3.10. The predicted octanol–water partition coefficient (Wildman–Crippen LogP) is 5.69. The van der Waals surface area contributed by atoms with Crippen molar-refractivity contribution in [1.82, 2.24) is 9.97 Å². The van der Waals surface area contributed by atoms with E-state index in [2.05, 4.69) is 9.97 Å². The molecule has 13 heteroatoms. The number of methoxy groups -OCH3 is 5. The van der Waals surface area contributed by atoms with Crippen molar-refractivity contribution in [3.05, 3.63) is 80.7 Å². The lowest BCUT2D eigenvalue weighted by Gasteiger charge is -2.17. The summed E-state index contributed by atoms with van der Waals surface area (Å²) in [4.78, 5) is 33.9. The molecule has 47 heavy (non-hydrogen) atoms. The number of nitrogens with one attached hydrogen (secondary N) is 1. The fourth-order valence-corrected chi connectivity index (χ4v) is 5.66. The van der Waals surface area contributed by atoms with Gasteiger partial charge >= 0.3 is 0 Å². The van der Waals surface area contributed by atoms with E-state index in [-0.39, 0.29) is 40.4 Å².